The number of piperidine rings is 1. The van der Waals surface area contributed by atoms with Crippen molar-refractivity contribution in [3.05, 3.63) is 35.3 Å². The van der Waals surface area contributed by atoms with Gasteiger partial charge in [0.1, 0.15) is 5.65 Å². The smallest absolute Gasteiger partial charge is 0.226 e. The van der Waals surface area contributed by atoms with E-state index in [1.54, 1.807) is 0 Å². The summed E-state index contributed by atoms with van der Waals surface area (Å²) in [5, 5.41) is 0. The van der Waals surface area contributed by atoms with Gasteiger partial charge in [-0.25, -0.2) is 4.98 Å². The summed E-state index contributed by atoms with van der Waals surface area (Å²) >= 11 is 0. The van der Waals surface area contributed by atoms with Gasteiger partial charge in [-0.3, -0.25) is 4.79 Å². The second-order valence-corrected chi connectivity index (χ2v) is 6.76. The van der Waals surface area contributed by atoms with Crippen molar-refractivity contribution in [3.8, 4) is 0 Å². The summed E-state index contributed by atoms with van der Waals surface area (Å²) in [6.07, 6.45) is 8.42. The van der Waals surface area contributed by atoms with Crippen molar-refractivity contribution in [1.29, 1.82) is 0 Å². The van der Waals surface area contributed by atoms with Gasteiger partial charge in [0.05, 0.1) is 5.69 Å². The summed E-state index contributed by atoms with van der Waals surface area (Å²) in [5.41, 5.74) is 4.69. The number of hydrogen-bond donors (Lipinski definition) is 0. The molecular weight excluding hydrogens is 274 g/mol. The van der Waals surface area contributed by atoms with E-state index in [-0.39, 0.29) is 5.92 Å². The number of pyridine rings is 1. The first-order valence-corrected chi connectivity index (χ1v) is 8.47. The first-order chi connectivity index (χ1) is 10.7. The monoisotopic (exact) mass is 297 g/mol. The summed E-state index contributed by atoms with van der Waals surface area (Å²) in [6, 6.07) is 4.24. The summed E-state index contributed by atoms with van der Waals surface area (Å²) in [6.45, 7) is 4.00. The number of imidazole rings is 1. The van der Waals surface area contributed by atoms with Gasteiger partial charge in [-0.1, -0.05) is 0 Å². The molecule has 1 fully saturated rings. The maximum atomic E-state index is 12.8. The zero-order valence-electron chi connectivity index (χ0n) is 13.2. The summed E-state index contributed by atoms with van der Waals surface area (Å²) in [7, 11) is 0. The van der Waals surface area contributed by atoms with Crippen molar-refractivity contribution >= 4 is 11.6 Å². The molecule has 0 spiro atoms. The van der Waals surface area contributed by atoms with Gasteiger partial charge < -0.3 is 9.30 Å². The van der Waals surface area contributed by atoms with Gasteiger partial charge in [-0.15, -0.1) is 0 Å². The highest BCUT2D eigenvalue weighted by Gasteiger charge is 2.31. The first-order valence-electron chi connectivity index (χ1n) is 8.47. The zero-order valence-corrected chi connectivity index (χ0v) is 13.2. The van der Waals surface area contributed by atoms with Crippen molar-refractivity contribution in [2.24, 2.45) is 5.92 Å². The van der Waals surface area contributed by atoms with Crippen LogP contribution in [0.4, 0.5) is 0 Å². The van der Waals surface area contributed by atoms with Gasteiger partial charge in [-0.05, 0) is 56.7 Å². The number of nitrogens with zero attached hydrogens (tertiary/aromatic N) is 3. The van der Waals surface area contributed by atoms with E-state index in [2.05, 4.69) is 34.6 Å². The van der Waals surface area contributed by atoms with Crippen LogP contribution < -0.4 is 0 Å². The van der Waals surface area contributed by atoms with Crippen molar-refractivity contribution in [2.45, 2.75) is 45.4 Å². The number of likely N-dealkylation sites (tertiary alicyclic amines) is 1. The molecule has 1 atom stereocenters. The molecule has 0 aromatic carbocycles. The fraction of sp³-hybridized carbons (Fsp3) is 0.556. The number of aromatic nitrogens is 2. The van der Waals surface area contributed by atoms with Gasteiger partial charge in [0.25, 0.3) is 0 Å². The van der Waals surface area contributed by atoms with E-state index in [9.17, 15) is 4.79 Å². The molecule has 2 aliphatic rings. The fourth-order valence-electron chi connectivity index (χ4n) is 3.89. The van der Waals surface area contributed by atoms with E-state index < -0.39 is 0 Å². The lowest BCUT2D eigenvalue weighted by atomic mass is 9.88. The Bertz CT molecular complexity index is 712. The molecule has 1 unspecified atom stereocenters. The Labute approximate surface area is 131 Å². The molecule has 2 aromatic heterocycles. The molecule has 1 amide bonds. The molecule has 0 bridgehead atoms. The van der Waals surface area contributed by atoms with Gasteiger partial charge in [-0.2, -0.15) is 0 Å². The third kappa shape index (κ3) is 2.31. The lowest BCUT2D eigenvalue weighted by molar-refractivity contribution is -0.136. The minimum absolute atomic E-state index is 0.145. The van der Waals surface area contributed by atoms with Gasteiger partial charge in [0.2, 0.25) is 5.91 Å². The molecular formula is C18H23N3O. The number of amides is 1. The largest absolute Gasteiger partial charge is 0.342 e. The lowest BCUT2D eigenvalue weighted by Gasteiger charge is -2.31. The topological polar surface area (TPSA) is 37.6 Å². The normalized spacial score (nSPS) is 21.9. The Morgan fingerprint density at radius 2 is 2.09 bits per heavy atom. The van der Waals surface area contributed by atoms with Crippen molar-refractivity contribution in [2.75, 3.05) is 13.1 Å². The standard InChI is InChI=1S/C18H23N3O/c1-13-7-10-21-16-12-14(5-6-15(16)19-17(21)11-13)18(22)20-8-3-2-4-9-20/h7,10-11,14H,2-6,8-9,12H2,1H3. The van der Waals surface area contributed by atoms with E-state index in [1.807, 2.05) is 0 Å². The van der Waals surface area contributed by atoms with Crippen molar-refractivity contribution in [1.82, 2.24) is 14.3 Å². The molecule has 0 N–H and O–H groups in total. The summed E-state index contributed by atoms with van der Waals surface area (Å²) in [4.78, 5) is 19.6. The third-order valence-corrected chi connectivity index (χ3v) is 5.15. The quantitative estimate of drug-likeness (QED) is 0.811. The molecule has 1 aliphatic heterocycles. The van der Waals surface area contributed by atoms with E-state index in [0.717, 1.165) is 38.0 Å². The van der Waals surface area contributed by atoms with Crippen LogP contribution in [-0.4, -0.2) is 33.3 Å². The maximum Gasteiger partial charge on any atom is 0.226 e. The van der Waals surface area contributed by atoms with Gasteiger partial charge in [0.15, 0.2) is 0 Å². The highest BCUT2D eigenvalue weighted by atomic mass is 16.2. The highest BCUT2D eigenvalue weighted by molar-refractivity contribution is 5.79. The van der Waals surface area contributed by atoms with Gasteiger partial charge >= 0.3 is 0 Å². The van der Waals surface area contributed by atoms with Crippen molar-refractivity contribution < 1.29 is 4.79 Å². The number of carbonyl (C=O) groups is 1. The van der Waals surface area contributed by atoms with Crippen LogP contribution in [0.2, 0.25) is 0 Å². The van der Waals surface area contributed by atoms with Crippen LogP contribution in [0.5, 0.6) is 0 Å². The molecule has 4 rings (SSSR count). The van der Waals surface area contributed by atoms with Crippen LogP contribution in [0.1, 0.15) is 42.6 Å². The van der Waals surface area contributed by atoms with E-state index in [4.69, 9.17) is 4.98 Å². The van der Waals surface area contributed by atoms with E-state index >= 15 is 0 Å². The predicted octanol–water partition coefficient (Wildman–Crippen LogP) is 2.76. The summed E-state index contributed by atoms with van der Waals surface area (Å²) in [5.74, 6) is 0.513. The first kappa shape index (κ1) is 13.8. The lowest BCUT2D eigenvalue weighted by Crippen LogP contribution is -2.41. The number of rotatable bonds is 1. The van der Waals surface area contributed by atoms with Crippen molar-refractivity contribution in [3.63, 3.8) is 0 Å². The van der Waals surface area contributed by atoms with Crippen LogP contribution in [0, 0.1) is 12.8 Å². The number of aryl methyl sites for hydroxylation is 2. The van der Waals surface area contributed by atoms with E-state index in [0.29, 0.717) is 5.91 Å². The number of hydrogen-bond acceptors (Lipinski definition) is 2. The molecule has 3 heterocycles. The van der Waals surface area contributed by atoms with Crippen LogP contribution in [0.3, 0.4) is 0 Å². The molecule has 0 saturated carbocycles. The van der Waals surface area contributed by atoms with Crippen LogP contribution in [0.25, 0.3) is 5.65 Å². The molecule has 1 saturated heterocycles. The second-order valence-electron chi connectivity index (χ2n) is 6.76. The maximum absolute atomic E-state index is 12.8. The number of fused-ring (bicyclic) bond motifs is 3. The van der Waals surface area contributed by atoms with Gasteiger partial charge in [0, 0.05) is 37.3 Å². The molecule has 2 aromatic rings. The average molecular weight is 297 g/mol. The highest BCUT2D eigenvalue weighted by Crippen LogP contribution is 2.28. The number of carbonyl (C=O) groups excluding carboxylic acids is 1. The molecule has 4 nitrogen and oxygen atoms in total. The minimum Gasteiger partial charge on any atom is -0.342 e. The Kier molecular flexibility index (Phi) is 3.40. The second kappa shape index (κ2) is 5.41. The molecule has 0 radical (unpaired) electrons. The Hall–Kier alpha value is -1.84. The van der Waals surface area contributed by atoms with Crippen LogP contribution in [-0.2, 0) is 17.6 Å². The molecule has 1 aliphatic carbocycles. The Morgan fingerprint density at radius 3 is 2.91 bits per heavy atom. The summed E-state index contributed by atoms with van der Waals surface area (Å²) < 4.78 is 2.18. The van der Waals surface area contributed by atoms with Crippen LogP contribution >= 0.6 is 0 Å². The Morgan fingerprint density at radius 1 is 1.27 bits per heavy atom. The Balaban J connectivity index is 1.60. The minimum atomic E-state index is 0.145. The third-order valence-electron chi connectivity index (χ3n) is 5.15. The zero-order chi connectivity index (χ0) is 15.1. The van der Waals surface area contributed by atoms with E-state index in [1.165, 1.54) is 36.2 Å². The predicted molar refractivity (Wildman–Crippen MR) is 85.9 cm³/mol. The van der Waals surface area contributed by atoms with Crippen LogP contribution in [0.15, 0.2) is 18.3 Å². The molecule has 116 valence electrons. The molecule has 4 heteroatoms. The fourth-order valence-corrected chi connectivity index (χ4v) is 3.89. The average Bonchev–Trinajstić information content (AvgIpc) is 2.91. The molecule has 22 heavy (non-hydrogen) atoms. The SMILES string of the molecule is Cc1ccn2c3c(nc2c1)CCC(C(=O)N1CCCCC1)C3.